The van der Waals surface area contributed by atoms with E-state index in [2.05, 4.69) is 39.4 Å². The fourth-order valence-electron chi connectivity index (χ4n) is 6.39. The Hall–Kier alpha value is -3.44. The minimum Gasteiger partial charge on any atom is -0.494 e. The molecular weight excluding hydrogens is 550 g/mol. The highest BCUT2D eigenvalue weighted by Crippen LogP contribution is 2.31. The summed E-state index contributed by atoms with van der Waals surface area (Å²) in [5.74, 6) is 0.443. The number of aliphatic hydroxyl groups is 1. The van der Waals surface area contributed by atoms with Crippen molar-refractivity contribution in [2.75, 3.05) is 57.3 Å². The standard InChI is InChI=1S/C32H39N5O4S/c33-22-31(39)36-14-4-6-27(36)32(40)37-28-21-24(10-8-23(28)9-11-30(37)38)41-19-2-1-13-34-15-17-35(18-16-34)26-5-3-7-29-25(26)12-20-42-29/h3,5,7-12,20-21,27,32,40H,1-2,4,6,13-19,22,33H2. The highest BCUT2D eigenvalue weighted by Gasteiger charge is 2.35. The average molecular weight is 590 g/mol. The van der Waals surface area contributed by atoms with Crippen molar-refractivity contribution in [3.63, 3.8) is 0 Å². The van der Waals surface area contributed by atoms with Crippen LogP contribution in [0.15, 0.2) is 64.8 Å². The maximum absolute atomic E-state index is 12.9. The Morgan fingerprint density at radius 1 is 1.05 bits per heavy atom. The molecule has 0 bridgehead atoms. The number of aromatic nitrogens is 1. The molecule has 42 heavy (non-hydrogen) atoms. The molecule has 9 nitrogen and oxygen atoms in total. The third kappa shape index (κ3) is 5.89. The number of unbranched alkanes of at least 4 members (excludes halogenated alkanes) is 1. The molecule has 2 aromatic carbocycles. The van der Waals surface area contributed by atoms with Gasteiger partial charge in [0.2, 0.25) is 5.91 Å². The van der Waals surface area contributed by atoms with Crippen molar-refractivity contribution < 1.29 is 14.6 Å². The molecule has 2 fully saturated rings. The van der Waals surface area contributed by atoms with Gasteiger partial charge in [0, 0.05) is 60.6 Å². The van der Waals surface area contributed by atoms with Gasteiger partial charge in [-0.1, -0.05) is 6.07 Å². The van der Waals surface area contributed by atoms with Crippen molar-refractivity contribution in [3.8, 4) is 5.75 Å². The first-order valence-electron chi connectivity index (χ1n) is 14.9. The van der Waals surface area contributed by atoms with Gasteiger partial charge in [0.05, 0.1) is 24.7 Å². The zero-order valence-electron chi connectivity index (χ0n) is 23.9. The van der Waals surface area contributed by atoms with E-state index in [1.54, 1.807) is 22.3 Å². The van der Waals surface area contributed by atoms with Gasteiger partial charge in [0.15, 0.2) is 6.23 Å². The number of carbonyl (C=O) groups is 1. The van der Waals surface area contributed by atoms with Gasteiger partial charge in [0.25, 0.3) is 5.56 Å². The normalized spacial score (nSPS) is 18.7. The molecule has 2 saturated heterocycles. The highest BCUT2D eigenvalue weighted by molar-refractivity contribution is 7.17. The number of fused-ring (bicyclic) bond motifs is 2. The van der Waals surface area contributed by atoms with Gasteiger partial charge in [-0.15, -0.1) is 11.3 Å². The van der Waals surface area contributed by atoms with Gasteiger partial charge in [0.1, 0.15) is 5.75 Å². The van der Waals surface area contributed by atoms with Gasteiger partial charge in [-0.2, -0.15) is 0 Å². The first-order valence-corrected chi connectivity index (χ1v) is 15.8. The van der Waals surface area contributed by atoms with Gasteiger partial charge in [-0.05, 0) is 79.4 Å². The lowest BCUT2D eigenvalue weighted by Gasteiger charge is -2.36. The molecule has 2 atom stereocenters. The number of nitrogens with two attached hydrogens (primary N) is 1. The van der Waals surface area contributed by atoms with Crippen molar-refractivity contribution >= 4 is 43.9 Å². The second-order valence-electron chi connectivity index (χ2n) is 11.2. The van der Waals surface area contributed by atoms with E-state index in [1.165, 1.54) is 26.4 Å². The Morgan fingerprint density at radius 3 is 2.71 bits per heavy atom. The second-order valence-corrected chi connectivity index (χ2v) is 12.1. The summed E-state index contributed by atoms with van der Waals surface area (Å²) in [6, 6.07) is 17.2. The summed E-state index contributed by atoms with van der Waals surface area (Å²) in [5, 5.41) is 15.6. The molecule has 3 N–H and O–H groups in total. The van der Waals surface area contributed by atoms with E-state index in [9.17, 15) is 14.7 Å². The van der Waals surface area contributed by atoms with Crippen molar-refractivity contribution in [2.45, 2.75) is 38.0 Å². The summed E-state index contributed by atoms with van der Waals surface area (Å²) in [5.41, 5.74) is 7.21. The van der Waals surface area contributed by atoms with Crippen molar-refractivity contribution in [1.29, 1.82) is 0 Å². The summed E-state index contributed by atoms with van der Waals surface area (Å²) < 4.78 is 8.81. The van der Waals surface area contributed by atoms with Gasteiger partial charge < -0.3 is 25.4 Å². The maximum atomic E-state index is 12.9. The number of hydrogen-bond donors (Lipinski definition) is 2. The number of pyridine rings is 1. The minimum atomic E-state index is -1.16. The SMILES string of the molecule is NCC(=O)N1CCCC1C(O)n1c(=O)ccc2ccc(OCCCCN3CCN(c4cccc5sccc45)CC3)cc21. The molecule has 0 saturated carbocycles. The summed E-state index contributed by atoms with van der Waals surface area (Å²) in [6.07, 6.45) is 2.20. The van der Waals surface area contributed by atoms with Crippen LogP contribution in [0, 0.1) is 0 Å². The van der Waals surface area contributed by atoms with Crippen LogP contribution in [0.2, 0.25) is 0 Å². The van der Waals surface area contributed by atoms with E-state index in [-0.39, 0.29) is 18.0 Å². The van der Waals surface area contributed by atoms with Crippen LogP contribution >= 0.6 is 11.3 Å². The number of anilines is 1. The highest BCUT2D eigenvalue weighted by atomic mass is 32.1. The van der Waals surface area contributed by atoms with Crippen molar-refractivity contribution in [2.24, 2.45) is 5.73 Å². The van der Waals surface area contributed by atoms with Crippen molar-refractivity contribution in [1.82, 2.24) is 14.4 Å². The van der Waals surface area contributed by atoms with E-state index >= 15 is 0 Å². The zero-order valence-corrected chi connectivity index (χ0v) is 24.7. The Bertz CT molecular complexity index is 1590. The molecular formula is C32H39N5O4S. The number of piperazine rings is 1. The van der Waals surface area contributed by atoms with Crippen LogP contribution in [0.3, 0.4) is 0 Å². The number of likely N-dealkylation sites (tertiary alicyclic amines) is 1. The number of amides is 1. The number of ether oxygens (including phenoxy) is 1. The topological polar surface area (TPSA) is 104 Å². The minimum absolute atomic E-state index is 0.117. The summed E-state index contributed by atoms with van der Waals surface area (Å²) in [6.45, 7) is 6.23. The average Bonchev–Trinajstić information content (AvgIpc) is 3.71. The van der Waals surface area contributed by atoms with Gasteiger partial charge in [-0.25, -0.2) is 0 Å². The summed E-state index contributed by atoms with van der Waals surface area (Å²) in [7, 11) is 0. The quantitative estimate of drug-likeness (QED) is 0.272. The first-order chi connectivity index (χ1) is 20.5. The number of benzene rings is 2. The van der Waals surface area contributed by atoms with Crippen LogP contribution in [0.1, 0.15) is 31.9 Å². The van der Waals surface area contributed by atoms with Crippen LogP contribution in [-0.4, -0.2) is 83.8 Å². The molecule has 222 valence electrons. The molecule has 0 aliphatic carbocycles. The molecule has 10 heteroatoms. The number of thiophene rings is 1. The van der Waals surface area contributed by atoms with E-state index in [0.717, 1.165) is 57.4 Å². The zero-order chi connectivity index (χ0) is 29.1. The third-order valence-electron chi connectivity index (χ3n) is 8.63. The number of nitrogens with zero attached hydrogens (tertiary/aromatic N) is 4. The molecule has 4 heterocycles. The van der Waals surface area contributed by atoms with Gasteiger partial charge >= 0.3 is 0 Å². The fraction of sp³-hybridized carbons (Fsp3) is 0.438. The van der Waals surface area contributed by atoms with E-state index in [0.29, 0.717) is 30.8 Å². The van der Waals surface area contributed by atoms with E-state index in [1.807, 2.05) is 18.2 Å². The largest absolute Gasteiger partial charge is 0.494 e. The van der Waals surface area contributed by atoms with Crippen LogP contribution in [0.5, 0.6) is 5.75 Å². The van der Waals surface area contributed by atoms with E-state index in [4.69, 9.17) is 10.5 Å². The first kappa shape index (κ1) is 28.7. The van der Waals surface area contributed by atoms with E-state index < -0.39 is 12.3 Å². The Labute approximate surface area is 249 Å². The van der Waals surface area contributed by atoms with Crippen molar-refractivity contribution in [3.05, 3.63) is 70.3 Å². The summed E-state index contributed by atoms with van der Waals surface area (Å²) in [4.78, 5) is 31.9. The molecule has 2 aliphatic heterocycles. The van der Waals surface area contributed by atoms with Gasteiger partial charge in [-0.3, -0.25) is 19.1 Å². The summed E-state index contributed by atoms with van der Waals surface area (Å²) >= 11 is 1.80. The number of rotatable bonds is 10. The number of hydrogen-bond acceptors (Lipinski definition) is 8. The second kappa shape index (κ2) is 12.8. The smallest absolute Gasteiger partial charge is 0.253 e. The van der Waals surface area contributed by atoms with Crippen LogP contribution < -0.4 is 20.9 Å². The lowest BCUT2D eigenvalue weighted by Crippen LogP contribution is -2.46. The molecule has 2 aliphatic rings. The van der Waals surface area contributed by atoms with Crippen LogP contribution in [0.25, 0.3) is 21.0 Å². The molecule has 6 rings (SSSR count). The predicted molar refractivity (Wildman–Crippen MR) is 168 cm³/mol. The lowest BCUT2D eigenvalue weighted by atomic mass is 10.1. The number of aliphatic hydroxyl groups excluding tert-OH is 1. The predicted octanol–water partition coefficient (Wildman–Crippen LogP) is 3.64. The monoisotopic (exact) mass is 589 g/mol. The lowest BCUT2D eigenvalue weighted by molar-refractivity contribution is -0.134. The molecule has 4 aromatic rings. The molecule has 0 radical (unpaired) electrons. The Balaban J connectivity index is 1.02. The molecule has 0 spiro atoms. The Kier molecular flexibility index (Phi) is 8.76. The fourth-order valence-corrected chi connectivity index (χ4v) is 7.20. The maximum Gasteiger partial charge on any atom is 0.253 e. The van der Waals surface area contributed by atoms with Crippen LogP contribution in [0.4, 0.5) is 5.69 Å². The Morgan fingerprint density at radius 2 is 1.88 bits per heavy atom. The number of carbonyl (C=O) groups excluding carboxylic acids is 1. The molecule has 1 amide bonds. The molecule has 2 unspecified atom stereocenters. The molecule has 2 aromatic heterocycles. The van der Waals surface area contributed by atoms with Crippen LogP contribution in [-0.2, 0) is 4.79 Å². The third-order valence-corrected chi connectivity index (χ3v) is 9.51.